The zero-order valence-corrected chi connectivity index (χ0v) is 14.3. The highest BCUT2D eigenvalue weighted by atomic mass is 35.5. The molecule has 2 rings (SSSR count). The lowest BCUT2D eigenvalue weighted by Gasteiger charge is -2.07. The number of ether oxygens (including phenoxy) is 1. The van der Waals surface area contributed by atoms with Crippen molar-refractivity contribution < 1.29 is 4.74 Å². The normalized spacial score (nSPS) is 10.4. The van der Waals surface area contributed by atoms with E-state index in [9.17, 15) is 0 Å². The Labute approximate surface area is 140 Å². The van der Waals surface area contributed by atoms with Crippen LogP contribution < -0.4 is 10.1 Å². The van der Waals surface area contributed by atoms with E-state index in [0.29, 0.717) is 0 Å². The number of halogens is 1. The minimum Gasteiger partial charge on any atom is -0.494 e. The standard InChI is InChI=1S/C19H27NO.ClH/c1-20-14-8-4-2-3-5-9-15-21-19-13-12-17-10-6-7-11-18(17)16-19;/h6-7,10-13,16,20H,2-5,8-9,14-15H2,1H3;1H. The van der Waals surface area contributed by atoms with Gasteiger partial charge in [0.05, 0.1) is 6.61 Å². The molecule has 1 N–H and O–H groups in total. The van der Waals surface area contributed by atoms with Crippen molar-refractivity contribution >= 4 is 23.2 Å². The smallest absolute Gasteiger partial charge is 0.119 e. The van der Waals surface area contributed by atoms with Gasteiger partial charge in [-0.25, -0.2) is 0 Å². The maximum Gasteiger partial charge on any atom is 0.119 e. The fourth-order valence-corrected chi connectivity index (χ4v) is 2.56. The van der Waals surface area contributed by atoms with Crippen LogP contribution in [0.3, 0.4) is 0 Å². The average Bonchev–Trinajstić information content (AvgIpc) is 2.53. The second-order valence-corrected chi connectivity index (χ2v) is 5.58. The lowest BCUT2D eigenvalue weighted by molar-refractivity contribution is 0.304. The van der Waals surface area contributed by atoms with Crippen molar-refractivity contribution in [2.45, 2.75) is 38.5 Å². The van der Waals surface area contributed by atoms with Gasteiger partial charge in [-0.05, 0) is 49.3 Å². The highest BCUT2D eigenvalue weighted by molar-refractivity contribution is 5.85. The molecule has 0 aliphatic carbocycles. The third kappa shape index (κ3) is 6.67. The summed E-state index contributed by atoms with van der Waals surface area (Å²) in [6.45, 7) is 1.97. The average molecular weight is 322 g/mol. The predicted molar refractivity (Wildman–Crippen MR) is 98.3 cm³/mol. The predicted octanol–water partition coefficient (Wildman–Crippen LogP) is 5.20. The molecule has 0 atom stereocenters. The molecular formula is C19H28ClNO. The maximum atomic E-state index is 5.85. The zero-order valence-electron chi connectivity index (χ0n) is 13.5. The summed E-state index contributed by atoms with van der Waals surface area (Å²) in [6.07, 6.45) is 7.73. The molecule has 0 saturated carbocycles. The zero-order chi connectivity index (χ0) is 14.8. The molecule has 0 aliphatic heterocycles. The number of rotatable bonds is 10. The highest BCUT2D eigenvalue weighted by Crippen LogP contribution is 2.20. The van der Waals surface area contributed by atoms with Gasteiger partial charge in [0.15, 0.2) is 0 Å². The Bertz CT molecular complexity index is 530. The van der Waals surface area contributed by atoms with Crippen molar-refractivity contribution in [2.24, 2.45) is 0 Å². The van der Waals surface area contributed by atoms with Gasteiger partial charge in [-0.1, -0.05) is 56.0 Å². The lowest BCUT2D eigenvalue weighted by atomic mass is 10.1. The van der Waals surface area contributed by atoms with Crippen LogP contribution in [0.1, 0.15) is 38.5 Å². The molecule has 122 valence electrons. The van der Waals surface area contributed by atoms with Crippen LogP contribution in [-0.2, 0) is 0 Å². The molecule has 0 heterocycles. The summed E-state index contributed by atoms with van der Waals surface area (Å²) < 4.78 is 5.85. The van der Waals surface area contributed by atoms with Gasteiger partial charge in [-0.2, -0.15) is 0 Å². The number of hydrogen-bond donors (Lipinski definition) is 1. The van der Waals surface area contributed by atoms with E-state index in [4.69, 9.17) is 4.74 Å². The van der Waals surface area contributed by atoms with Crippen LogP contribution in [0.4, 0.5) is 0 Å². The van der Waals surface area contributed by atoms with Crippen LogP contribution in [-0.4, -0.2) is 20.2 Å². The number of unbranched alkanes of at least 4 members (excludes halogenated alkanes) is 5. The molecule has 3 heteroatoms. The van der Waals surface area contributed by atoms with Crippen molar-refractivity contribution in [3.05, 3.63) is 42.5 Å². The molecule has 22 heavy (non-hydrogen) atoms. The summed E-state index contributed by atoms with van der Waals surface area (Å²) in [7, 11) is 2.02. The number of hydrogen-bond acceptors (Lipinski definition) is 2. The summed E-state index contributed by atoms with van der Waals surface area (Å²) in [4.78, 5) is 0. The van der Waals surface area contributed by atoms with Crippen molar-refractivity contribution in [1.29, 1.82) is 0 Å². The number of nitrogens with one attached hydrogen (secondary N) is 1. The molecular weight excluding hydrogens is 294 g/mol. The largest absolute Gasteiger partial charge is 0.494 e. The van der Waals surface area contributed by atoms with E-state index in [1.165, 1.54) is 42.9 Å². The Hall–Kier alpha value is -1.25. The van der Waals surface area contributed by atoms with E-state index in [1.807, 2.05) is 7.05 Å². The topological polar surface area (TPSA) is 21.3 Å². The van der Waals surface area contributed by atoms with E-state index in [0.717, 1.165) is 25.3 Å². The van der Waals surface area contributed by atoms with Crippen molar-refractivity contribution in [1.82, 2.24) is 5.32 Å². The lowest BCUT2D eigenvalue weighted by Crippen LogP contribution is -2.06. The van der Waals surface area contributed by atoms with Crippen LogP contribution in [0.5, 0.6) is 5.75 Å². The number of fused-ring (bicyclic) bond motifs is 1. The molecule has 0 bridgehead atoms. The van der Waals surface area contributed by atoms with E-state index in [1.54, 1.807) is 0 Å². The second kappa shape index (κ2) is 11.3. The second-order valence-electron chi connectivity index (χ2n) is 5.58. The van der Waals surface area contributed by atoms with E-state index < -0.39 is 0 Å². The van der Waals surface area contributed by atoms with Crippen LogP contribution in [0, 0.1) is 0 Å². The van der Waals surface area contributed by atoms with E-state index in [-0.39, 0.29) is 12.4 Å². The Balaban J connectivity index is 0.00000242. The monoisotopic (exact) mass is 321 g/mol. The van der Waals surface area contributed by atoms with Crippen LogP contribution in [0.15, 0.2) is 42.5 Å². The molecule has 0 unspecified atom stereocenters. The van der Waals surface area contributed by atoms with Crippen molar-refractivity contribution in [3.63, 3.8) is 0 Å². The van der Waals surface area contributed by atoms with Gasteiger partial charge in [-0.15, -0.1) is 12.4 Å². The molecule has 2 aromatic rings. The molecule has 0 fully saturated rings. The van der Waals surface area contributed by atoms with Crippen molar-refractivity contribution in [3.8, 4) is 5.75 Å². The fourth-order valence-electron chi connectivity index (χ4n) is 2.56. The van der Waals surface area contributed by atoms with Crippen LogP contribution in [0.25, 0.3) is 10.8 Å². The molecule has 2 nitrogen and oxygen atoms in total. The molecule has 0 radical (unpaired) electrons. The van der Waals surface area contributed by atoms with Gasteiger partial charge in [0, 0.05) is 0 Å². The SMILES string of the molecule is CNCCCCCCCCOc1ccc2ccccc2c1.Cl. The van der Waals surface area contributed by atoms with Gasteiger partial charge in [0.2, 0.25) is 0 Å². The molecule has 0 spiro atoms. The van der Waals surface area contributed by atoms with Gasteiger partial charge in [-0.3, -0.25) is 0 Å². The molecule has 0 amide bonds. The van der Waals surface area contributed by atoms with E-state index in [2.05, 4.69) is 47.8 Å². The van der Waals surface area contributed by atoms with Crippen molar-refractivity contribution in [2.75, 3.05) is 20.2 Å². The molecule has 0 aliphatic rings. The van der Waals surface area contributed by atoms with Gasteiger partial charge < -0.3 is 10.1 Å². The first-order valence-corrected chi connectivity index (χ1v) is 8.16. The van der Waals surface area contributed by atoms with Gasteiger partial charge in [0.1, 0.15) is 5.75 Å². The first-order chi connectivity index (χ1) is 10.4. The fraction of sp³-hybridized carbons (Fsp3) is 0.474. The quantitative estimate of drug-likeness (QED) is 0.607. The Morgan fingerprint density at radius 2 is 1.50 bits per heavy atom. The third-order valence-electron chi connectivity index (χ3n) is 3.81. The summed E-state index contributed by atoms with van der Waals surface area (Å²) in [6, 6.07) is 14.7. The minimum atomic E-state index is 0. The first-order valence-electron chi connectivity index (χ1n) is 8.16. The van der Waals surface area contributed by atoms with E-state index >= 15 is 0 Å². The summed E-state index contributed by atoms with van der Waals surface area (Å²) >= 11 is 0. The molecule has 0 aromatic heterocycles. The Morgan fingerprint density at radius 3 is 2.27 bits per heavy atom. The summed E-state index contributed by atoms with van der Waals surface area (Å²) in [5, 5.41) is 5.71. The summed E-state index contributed by atoms with van der Waals surface area (Å²) in [5.41, 5.74) is 0. The summed E-state index contributed by atoms with van der Waals surface area (Å²) in [5.74, 6) is 0.989. The van der Waals surface area contributed by atoms with Gasteiger partial charge >= 0.3 is 0 Å². The highest BCUT2D eigenvalue weighted by Gasteiger charge is 1.97. The molecule has 2 aromatic carbocycles. The third-order valence-corrected chi connectivity index (χ3v) is 3.81. The maximum absolute atomic E-state index is 5.85. The Morgan fingerprint density at radius 1 is 0.818 bits per heavy atom. The molecule has 0 saturated heterocycles. The van der Waals surface area contributed by atoms with Gasteiger partial charge in [0.25, 0.3) is 0 Å². The van der Waals surface area contributed by atoms with Crippen LogP contribution >= 0.6 is 12.4 Å². The Kier molecular flexibility index (Phi) is 9.69. The minimum absolute atomic E-state index is 0. The first kappa shape index (κ1) is 18.8. The van der Waals surface area contributed by atoms with Crippen LogP contribution in [0.2, 0.25) is 0 Å². The number of benzene rings is 2.